The summed E-state index contributed by atoms with van der Waals surface area (Å²) < 4.78 is 54.3. The van der Waals surface area contributed by atoms with Crippen LogP contribution in [0.1, 0.15) is 10.4 Å². The predicted octanol–water partition coefficient (Wildman–Crippen LogP) is 2.71. The Kier molecular flexibility index (Phi) is 4.57. The van der Waals surface area contributed by atoms with Gasteiger partial charge < -0.3 is 15.2 Å². The van der Waals surface area contributed by atoms with Crippen LogP contribution in [0.15, 0.2) is 18.2 Å². The number of halogens is 4. The number of carboxylic acids is 1. The average molecular weight is 281 g/mol. The van der Waals surface area contributed by atoms with Crippen molar-refractivity contribution in [2.75, 3.05) is 19.0 Å². The minimum Gasteiger partial charge on any atom is -0.497 e. The van der Waals surface area contributed by atoms with E-state index in [-0.39, 0.29) is 17.0 Å². The third kappa shape index (κ3) is 3.73. The van der Waals surface area contributed by atoms with Crippen LogP contribution >= 0.6 is 0 Å². The van der Waals surface area contributed by atoms with E-state index in [0.29, 0.717) is 0 Å². The Labute approximate surface area is 106 Å². The minimum atomic E-state index is -4.25. The van der Waals surface area contributed by atoms with Gasteiger partial charge in [0.05, 0.1) is 24.9 Å². The number of nitrogens with one attached hydrogen (secondary N) is 1. The molecule has 8 heteroatoms. The number of carboxylic acid groups (broad SMARTS) is 1. The maximum atomic E-state index is 12.8. The zero-order valence-electron chi connectivity index (χ0n) is 9.79. The van der Waals surface area contributed by atoms with Gasteiger partial charge in [-0.2, -0.15) is 8.78 Å². The van der Waals surface area contributed by atoms with Gasteiger partial charge in [-0.05, 0) is 12.1 Å². The molecule has 0 saturated heterocycles. The second-order valence-electron chi connectivity index (χ2n) is 3.63. The lowest BCUT2D eigenvalue weighted by atomic mass is 10.1. The van der Waals surface area contributed by atoms with E-state index < -0.39 is 24.9 Å². The molecule has 0 radical (unpaired) electrons. The molecule has 0 heterocycles. The lowest BCUT2D eigenvalue weighted by Crippen LogP contribution is -2.35. The molecule has 0 atom stereocenters. The van der Waals surface area contributed by atoms with Crippen molar-refractivity contribution in [3.8, 4) is 5.75 Å². The van der Waals surface area contributed by atoms with Gasteiger partial charge >= 0.3 is 18.3 Å². The van der Waals surface area contributed by atoms with E-state index in [4.69, 9.17) is 9.84 Å². The number of benzene rings is 1. The van der Waals surface area contributed by atoms with Gasteiger partial charge in [-0.1, -0.05) is 0 Å². The van der Waals surface area contributed by atoms with Crippen LogP contribution in [0.3, 0.4) is 0 Å². The molecule has 0 aliphatic carbocycles. The van der Waals surface area contributed by atoms with Gasteiger partial charge in [0.1, 0.15) is 5.75 Å². The first kappa shape index (κ1) is 15.1. The Balaban J connectivity index is 2.95. The van der Waals surface area contributed by atoms with E-state index in [1.54, 1.807) is 0 Å². The molecule has 0 aromatic heterocycles. The topological polar surface area (TPSA) is 58.6 Å². The SMILES string of the molecule is COc1ccc(C(=O)O)c(NCC(F)(F)C(F)F)c1. The second-order valence-corrected chi connectivity index (χ2v) is 3.63. The van der Waals surface area contributed by atoms with E-state index in [9.17, 15) is 22.4 Å². The van der Waals surface area contributed by atoms with Crippen molar-refractivity contribution in [1.82, 2.24) is 0 Å². The molecule has 0 amide bonds. The lowest BCUT2D eigenvalue weighted by Gasteiger charge is -2.18. The minimum absolute atomic E-state index is 0.216. The number of alkyl halides is 4. The highest BCUT2D eigenvalue weighted by Crippen LogP contribution is 2.26. The maximum absolute atomic E-state index is 12.8. The van der Waals surface area contributed by atoms with Gasteiger partial charge in [0.2, 0.25) is 0 Å². The van der Waals surface area contributed by atoms with E-state index in [0.717, 1.165) is 12.1 Å². The van der Waals surface area contributed by atoms with Gasteiger partial charge in [0.15, 0.2) is 0 Å². The molecule has 0 aliphatic heterocycles. The van der Waals surface area contributed by atoms with E-state index in [2.05, 4.69) is 0 Å². The van der Waals surface area contributed by atoms with Crippen molar-refractivity contribution in [1.29, 1.82) is 0 Å². The molecule has 1 rings (SSSR count). The van der Waals surface area contributed by atoms with Crippen molar-refractivity contribution in [3.63, 3.8) is 0 Å². The molecular weight excluding hydrogens is 270 g/mol. The summed E-state index contributed by atoms with van der Waals surface area (Å²) in [5.74, 6) is -5.41. The molecule has 1 aromatic carbocycles. The highest BCUT2D eigenvalue weighted by atomic mass is 19.3. The summed E-state index contributed by atoms with van der Waals surface area (Å²) in [5.41, 5.74) is -0.530. The van der Waals surface area contributed by atoms with Crippen LogP contribution < -0.4 is 10.1 Å². The van der Waals surface area contributed by atoms with E-state index in [1.807, 2.05) is 5.32 Å². The van der Waals surface area contributed by atoms with Crippen molar-refractivity contribution in [2.45, 2.75) is 12.3 Å². The summed E-state index contributed by atoms with van der Waals surface area (Å²) in [6.45, 7) is -1.38. The third-order valence-electron chi connectivity index (χ3n) is 2.29. The van der Waals surface area contributed by atoms with Crippen LogP contribution in [-0.4, -0.2) is 37.1 Å². The van der Waals surface area contributed by atoms with E-state index >= 15 is 0 Å². The van der Waals surface area contributed by atoms with Gasteiger partial charge in [-0.3, -0.25) is 0 Å². The first-order valence-electron chi connectivity index (χ1n) is 5.09. The van der Waals surface area contributed by atoms with Crippen LogP contribution in [0.25, 0.3) is 0 Å². The Bertz CT molecular complexity index is 465. The number of carbonyl (C=O) groups is 1. The lowest BCUT2D eigenvalue weighted by molar-refractivity contribution is -0.117. The molecule has 106 valence electrons. The maximum Gasteiger partial charge on any atom is 0.337 e. The molecule has 0 aliphatic rings. The van der Waals surface area contributed by atoms with Gasteiger partial charge in [-0.15, -0.1) is 0 Å². The average Bonchev–Trinajstić information content (AvgIpc) is 2.35. The Morgan fingerprint density at radius 1 is 1.47 bits per heavy atom. The second kappa shape index (κ2) is 5.77. The molecule has 1 aromatic rings. The summed E-state index contributed by atoms with van der Waals surface area (Å²) in [4.78, 5) is 10.9. The zero-order valence-corrected chi connectivity index (χ0v) is 9.79. The van der Waals surface area contributed by atoms with Crippen molar-refractivity contribution >= 4 is 11.7 Å². The number of anilines is 1. The number of methoxy groups -OCH3 is 1. The molecule has 4 nitrogen and oxygen atoms in total. The molecule has 0 bridgehead atoms. The van der Waals surface area contributed by atoms with Crippen LogP contribution in [0.2, 0.25) is 0 Å². The summed E-state index contributed by atoms with van der Waals surface area (Å²) in [6.07, 6.45) is -3.83. The summed E-state index contributed by atoms with van der Waals surface area (Å²) in [7, 11) is 1.30. The van der Waals surface area contributed by atoms with Gasteiger partial charge in [-0.25, -0.2) is 13.6 Å². The fourth-order valence-electron chi connectivity index (χ4n) is 1.27. The number of hydrogen-bond acceptors (Lipinski definition) is 3. The number of hydrogen-bond donors (Lipinski definition) is 2. The number of aromatic carboxylic acids is 1. The fraction of sp³-hybridized carbons (Fsp3) is 0.364. The van der Waals surface area contributed by atoms with Gasteiger partial charge in [0.25, 0.3) is 0 Å². The van der Waals surface area contributed by atoms with Crippen LogP contribution in [-0.2, 0) is 0 Å². The molecular formula is C11H11F4NO3. The first-order valence-corrected chi connectivity index (χ1v) is 5.09. The summed E-state index contributed by atoms with van der Waals surface area (Å²) >= 11 is 0. The smallest absolute Gasteiger partial charge is 0.337 e. The number of ether oxygens (including phenoxy) is 1. The van der Waals surface area contributed by atoms with Crippen molar-refractivity contribution in [2.24, 2.45) is 0 Å². The molecule has 2 N–H and O–H groups in total. The fourth-order valence-corrected chi connectivity index (χ4v) is 1.27. The molecule has 0 fully saturated rings. The van der Waals surface area contributed by atoms with Gasteiger partial charge in [0, 0.05) is 6.07 Å². The van der Waals surface area contributed by atoms with E-state index in [1.165, 1.54) is 13.2 Å². The zero-order chi connectivity index (χ0) is 14.6. The highest BCUT2D eigenvalue weighted by Gasteiger charge is 2.40. The Morgan fingerprint density at radius 3 is 2.58 bits per heavy atom. The quantitative estimate of drug-likeness (QED) is 0.787. The van der Waals surface area contributed by atoms with Crippen molar-refractivity contribution < 1.29 is 32.2 Å². The first-order chi connectivity index (χ1) is 8.77. The molecule has 0 unspecified atom stereocenters. The molecule has 0 saturated carbocycles. The number of rotatable bonds is 6. The monoisotopic (exact) mass is 281 g/mol. The summed E-state index contributed by atoms with van der Waals surface area (Å²) in [6, 6.07) is 3.59. The molecule has 0 spiro atoms. The van der Waals surface area contributed by atoms with Crippen LogP contribution in [0, 0.1) is 0 Å². The van der Waals surface area contributed by atoms with Crippen molar-refractivity contribution in [3.05, 3.63) is 23.8 Å². The van der Waals surface area contributed by atoms with Crippen LogP contribution in [0.4, 0.5) is 23.2 Å². The predicted molar refractivity (Wildman–Crippen MR) is 59.4 cm³/mol. The Hall–Kier alpha value is -1.99. The molecule has 19 heavy (non-hydrogen) atoms. The largest absolute Gasteiger partial charge is 0.497 e. The standard InChI is InChI=1S/C11H11F4NO3/c1-19-6-2-3-7(9(17)18)8(4-6)16-5-11(14,15)10(12)13/h2-4,10,16H,5H2,1H3,(H,17,18). The highest BCUT2D eigenvalue weighted by molar-refractivity contribution is 5.94. The summed E-state index contributed by atoms with van der Waals surface area (Å²) in [5, 5.41) is 10.9. The van der Waals surface area contributed by atoms with Crippen LogP contribution in [0.5, 0.6) is 5.75 Å². The normalized spacial score (nSPS) is 11.5. The Morgan fingerprint density at radius 2 is 2.11 bits per heavy atom. The third-order valence-corrected chi connectivity index (χ3v) is 2.29.